The van der Waals surface area contributed by atoms with Crippen LogP contribution in [0.2, 0.25) is 5.02 Å². The monoisotopic (exact) mass is 251 g/mol. The van der Waals surface area contributed by atoms with Gasteiger partial charge in [-0.2, -0.15) is 0 Å². The summed E-state index contributed by atoms with van der Waals surface area (Å²) in [6, 6.07) is 4.44. The van der Waals surface area contributed by atoms with Crippen LogP contribution in [0.5, 0.6) is 0 Å². The normalized spacial score (nSPS) is 10.6. The zero-order chi connectivity index (χ0) is 12.6. The SMILES string of the molecule is Cc1nc(-c2c(F)cccc2Cl)nc(N)c1C. The van der Waals surface area contributed by atoms with Crippen LogP contribution in [0.25, 0.3) is 11.4 Å². The summed E-state index contributed by atoms with van der Waals surface area (Å²) in [5, 5.41) is 0.271. The number of nitrogens with zero attached hydrogens (tertiary/aromatic N) is 2. The van der Waals surface area contributed by atoms with E-state index >= 15 is 0 Å². The predicted molar refractivity (Wildman–Crippen MR) is 66.3 cm³/mol. The first-order valence-corrected chi connectivity index (χ1v) is 5.43. The highest BCUT2D eigenvalue weighted by atomic mass is 35.5. The lowest BCUT2D eigenvalue weighted by atomic mass is 10.1. The zero-order valence-corrected chi connectivity index (χ0v) is 10.2. The fourth-order valence-electron chi connectivity index (χ4n) is 1.47. The minimum Gasteiger partial charge on any atom is -0.383 e. The van der Waals surface area contributed by atoms with Gasteiger partial charge < -0.3 is 5.73 Å². The van der Waals surface area contributed by atoms with Crippen LogP contribution < -0.4 is 5.73 Å². The van der Waals surface area contributed by atoms with Crippen molar-refractivity contribution in [1.29, 1.82) is 0 Å². The summed E-state index contributed by atoms with van der Waals surface area (Å²) in [6.07, 6.45) is 0. The Balaban J connectivity index is 2.69. The van der Waals surface area contributed by atoms with Crippen molar-refractivity contribution in [2.45, 2.75) is 13.8 Å². The van der Waals surface area contributed by atoms with Gasteiger partial charge in [-0.1, -0.05) is 17.7 Å². The number of rotatable bonds is 1. The molecule has 0 unspecified atom stereocenters. The number of aromatic nitrogens is 2. The average Bonchev–Trinajstić information content (AvgIpc) is 2.25. The Morgan fingerprint density at radius 3 is 2.53 bits per heavy atom. The van der Waals surface area contributed by atoms with E-state index in [1.807, 2.05) is 6.92 Å². The summed E-state index contributed by atoms with van der Waals surface area (Å²) in [6.45, 7) is 3.61. The van der Waals surface area contributed by atoms with Crippen molar-refractivity contribution in [3.05, 3.63) is 40.3 Å². The van der Waals surface area contributed by atoms with Crippen LogP contribution in [-0.2, 0) is 0 Å². The molecule has 88 valence electrons. The fraction of sp³-hybridized carbons (Fsp3) is 0.167. The first-order chi connectivity index (χ1) is 8.00. The van der Waals surface area contributed by atoms with Gasteiger partial charge in [0.1, 0.15) is 11.6 Å². The largest absolute Gasteiger partial charge is 0.383 e. The zero-order valence-electron chi connectivity index (χ0n) is 9.46. The second kappa shape index (κ2) is 4.30. The van der Waals surface area contributed by atoms with E-state index in [-0.39, 0.29) is 16.4 Å². The molecule has 1 aromatic heterocycles. The van der Waals surface area contributed by atoms with E-state index in [0.29, 0.717) is 11.5 Å². The minimum atomic E-state index is -0.458. The van der Waals surface area contributed by atoms with Crippen LogP contribution in [0.1, 0.15) is 11.3 Å². The van der Waals surface area contributed by atoms with Gasteiger partial charge in [0.25, 0.3) is 0 Å². The molecular formula is C12H11ClFN3. The van der Waals surface area contributed by atoms with Gasteiger partial charge in [0.2, 0.25) is 0 Å². The lowest BCUT2D eigenvalue weighted by Gasteiger charge is -2.08. The van der Waals surface area contributed by atoms with Gasteiger partial charge in [-0.05, 0) is 26.0 Å². The molecule has 0 saturated heterocycles. The maximum Gasteiger partial charge on any atom is 0.166 e. The molecule has 0 aliphatic rings. The Labute approximate surface area is 103 Å². The molecule has 0 atom stereocenters. The molecule has 0 amide bonds. The number of aryl methyl sites for hydroxylation is 1. The van der Waals surface area contributed by atoms with Crippen LogP contribution in [0.4, 0.5) is 10.2 Å². The molecule has 0 fully saturated rings. The van der Waals surface area contributed by atoms with E-state index in [2.05, 4.69) is 9.97 Å². The van der Waals surface area contributed by atoms with E-state index < -0.39 is 5.82 Å². The summed E-state index contributed by atoms with van der Waals surface area (Å²) in [5.74, 6) is 0.0978. The molecule has 5 heteroatoms. The lowest BCUT2D eigenvalue weighted by Crippen LogP contribution is -2.03. The molecule has 1 heterocycles. The third kappa shape index (κ3) is 2.08. The van der Waals surface area contributed by atoms with Crippen LogP contribution in [0.15, 0.2) is 18.2 Å². The van der Waals surface area contributed by atoms with E-state index in [4.69, 9.17) is 17.3 Å². The van der Waals surface area contributed by atoms with Crippen molar-refractivity contribution in [2.24, 2.45) is 0 Å². The van der Waals surface area contributed by atoms with Crippen molar-refractivity contribution in [3.8, 4) is 11.4 Å². The first kappa shape index (κ1) is 11.8. The van der Waals surface area contributed by atoms with E-state index in [1.165, 1.54) is 12.1 Å². The summed E-state index contributed by atoms with van der Waals surface area (Å²) in [5.41, 5.74) is 7.43. The maximum atomic E-state index is 13.7. The Morgan fingerprint density at radius 2 is 1.94 bits per heavy atom. The molecule has 1 aromatic carbocycles. The number of anilines is 1. The van der Waals surface area contributed by atoms with Gasteiger partial charge in [0, 0.05) is 11.3 Å². The number of hydrogen-bond acceptors (Lipinski definition) is 3. The molecular weight excluding hydrogens is 241 g/mol. The predicted octanol–water partition coefficient (Wildman–Crippen LogP) is 3.14. The van der Waals surface area contributed by atoms with Crippen LogP contribution in [0, 0.1) is 19.7 Å². The summed E-state index contributed by atoms with van der Waals surface area (Å²) in [4.78, 5) is 8.28. The molecule has 0 aliphatic carbocycles. The van der Waals surface area contributed by atoms with Gasteiger partial charge in [-0.3, -0.25) is 0 Å². The summed E-state index contributed by atoms with van der Waals surface area (Å²) in [7, 11) is 0. The van der Waals surface area contributed by atoms with E-state index in [0.717, 1.165) is 5.56 Å². The quantitative estimate of drug-likeness (QED) is 0.847. The second-order valence-corrected chi connectivity index (χ2v) is 4.15. The lowest BCUT2D eigenvalue weighted by molar-refractivity contribution is 0.630. The van der Waals surface area contributed by atoms with Gasteiger partial charge in [0.15, 0.2) is 5.82 Å². The molecule has 3 nitrogen and oxygen atoms in total. The van der Waals surface area contributed by atoms with Crippen molar-refractivity contribution in [2.75, 3.05) is 5.73 Å². The Morgan fingerprint density at radius 1 is 1.24 bits per heavy atom. The highest BCUT2D eigenvalue weighted by Gasteiger charge is 2.14. The number of nitrogen functional groups attached to an aromatic ring is 1. The number of benzene rings is 1. The highest BCUT2D eigenvalue weighted by molar-refractivity contribution is 6.33. The molecule has 17 heavy (non-hydrogen) atoms. The molecule has 2 aromatic rings. The highest BCUT2D eigenvalue weighted by Crippen LogP contribution is 2.29. The first-order valence-electron chi connectivity index (χ1n) is 5.06. The molecule has 2 rings (SSSR count). The maximum absolute atomic E-state index is 13.7. The minimum absolute atomic E-state index is 0.184. The van der Waals surface area contributed by atoms with Gasteiger partial charge >= 0.3 is 0 Å². The summed E-state index contributed by atoms with van der Waals surface area (Å²) < 4.78 is 13.7. The van der Waals surface area contributed by atoms with Crippen molar-refractivity contribution in [3.63, 3.8) is 0 Å². The Kier molecular flexibility index (Phi) is 2.98. The standard InChI is InChI=1S/C12H11ClFN3/c1-6-7(2)16-12(17-11(6)15)10-8(13)4-3-5-9(10)14/h3-5H,1-2H3,(H2,15,16,17). The van der Waals surface area contributed by atoms with Gasteiger partial charge in [-0.15, -0.1) is 0 Å². The molecule has 0 radical (unpaired) electrons. The molecule has 2 N–H and O–H groups in total. The fourth-order valence-corrected chi connectivity index (χ4v) is 1.72. The van der Waals surface area contributed by atoms with Crippen molar-refractivity contribution in [1.82, 2.24) is 9.97 Å². The smallest absolute Gasteiger partial charge is 0.166 e. The molecule has 0 spiro atoms. The Bertz CT molecular complexity index is 541. The summed E-state index contributed by atoms with van der Waals surface area (Å²) >= 11 is 5.95. The van der Waals surface area contributed by atoms with Crippen molar-refractivity contribution < 1.29 is 4.39 Å². The topological polar surface area (TPSA) is 51.8 Å². The number of halogens is 2. The number of nitrogens with two attached hydrogens (primary N) is 1. The van der Waals surface area contributed by atoms with Crippen LogP contribution in [-0.4, -0.2) is 9.97 Å². The van der Waals surface area contributed by atoms with Crippen LogP contribution in [0.3, 0.4) is 0 Å². The van der Waals surface area contributed by atoms with Gasteiger partial charge in [0.05, 0.1) is 10.6 Å². The average molecular weight is 252 g/mol. The third-order valence-corrected chi connectivity index (χ3v) is 2.93. The van der Waals surface area contributed by atoms with Gasteiger partial charge in [-0.25, -0.2) is 14.4 Å². The molecule has 0 saturated carbocycles. The van der Waals surface area contributed by atoms with Crippen molar-refractivity contribution >= 4 is 17.4 Å². The molecule has 0 bridgehead atoms. The Hall–Kier alpha value is -1.68. The number of hydrogen-bond donors (Lipinski definition) is 1. The van der Waals surface area contributed by atoms with Crippen LogP contribution >= 0.6 is 11.6 Å². The second-order valence-electron chi connectivity index (χ2n) is 3.74. The van der Waals surface area contributed by atoms with E-state index in [9.17, 15) is 4.39 Å². The van der Waals surface area contributed by atoms with E-state index in [1.54, 1.807) is 13.0 Å². The molecule has 0 aliphatic heterocycles. The third-order valence-electron chi connectivity index (χ3n) is 2.61.